The van der Waals surface area contributed by atoms with Gasteiger partial charge in [-0.2, -0.15) is 0 Å². The van der Waals surface area contributed by atoms with Crippen molar-refractivity contribution in [2.75, 3.05) is 0 Å². The molecule has 3 nitrogen and oxygen atoms in total. The highest BCUT2D eigenvalue weighted by Crippen LogP contribution is 2.62. The first-order valence-electron chi connectivity index (χ1n) is 16.6. The summed E-state index contributed by atoms with van der Waals surface area (Å²) in [5, 5.41) is 12.9. The van der Waals surface area contributed by atoms with Gasteiger partial charge in [0.05, 0.1) is 0 Å². The van der Waals surface area contributed by atoms with Crippen LogP contribution in [-0.2, 0) is 14.6 Å². The zero-order valence-electron chi connectivity index (χ0n) is 26.7. The second kappa shape index (κ2) is 11.5. The predicted octanol–water partition coefficient (Wildman–Crippen LogP) is 8.64. The Morgan fingerprint density at radius 2 is 1.27 bits per heavy atom. The maximum absolute atomic E-state index is 13.5. The molecule has 45 heavy (non-hydrogen) atoms. The van der Waals surface area contributed by atoms with Crippen molar-refractivity contribution in [3.05, 3.63) is 120 Å². The van der Waals surface area contributed by atoms with Crippen molar-refractivity contribution in [3.8, 4) is 16.9 Å². The summed E-state index contributed by atoms with van der Waals surface area (Å²) >= 11 is 0. The minimum Gasteiger partial charge on any atom is -0.508 e. The molecular weight excluding hydrogens is 569 g/mol. The van der Waals surface area contributed by atoms with Crippen molar-refractivity contribution in [3.63, 3.8) is 0 Å². The highest BCUT2D eigenvalue weighted by atomic mass is 28.4. The van der Waals surface area contributed by atoms with E-state index in [9.17, 15) is 9.90 Å². The Bertz CT molecular complexity index is 1620. The summed E-state index contributed by atoms with van der Waals surface area (Å²) in [6.07, 6.45) is 11.3. The first-order valence-corrected chi connectivity index (χ1v) is 18.5. The number of carbonyl (C=O) groups is 1. The third-order valence-electron chi connectivity index (χ3n) is 10.9. The van der Waals surface area contributed by atoms with Gasteiger partial charge in [-0.3, -0.25) is 0 Å². The standard InChI is InChI=1S/C41H44O3Si/c1-40(2,3)45(35-10-6-4-7-11-35,36-12-8-5-9-13-36)44-39(43)21-16-29-14-17-33(18-15-29)34-19-20-38(42)37(25-34)41-26-30-22-31(27-41)24-32(23-30)28-41/h4-21,25,30-32,42H,22-24,26-28H2,1-3H3/b21-16+. The minimum atomic E-state index is -2.96. The summed E-state index contributed by atoms with van der Waals surface area (Å²) in [6.45, 7) is 6.52. The molecule has 0 aromatic heterocycles. The van der Waals surface area contributed by atoms with Crippen LogP contribution in [0.5, 0.6) is 5.75 Å². The normalized spacial score (nSPS) is 24.2. The van der Waals surface area contributed by atoms with E-state index in [2.05, 4.69) is 75.4 Å². The van der Waals surface area contributed by atoms with E-state index in [0.717, 1.165) is 50.4 Å². The van der Waals surface area contributed by atoms with E-state index >= 15 is 0 Å². The average molecular weight is 613 g/mol. The summed E-state index contributed by atoms with van der Waals surface area (Å²) in [7, 11) is -2.96. The van der Waals surface area contributed by atoms with E-state index in [1.54, 1.807) is 6.08 Å². The van der Waals surface area contributed by atoms with E-state index in [1.165, 1.54) is 38.5 Å². The molecular formula is C41H44O3Si. The maximum atomic E-state index is 13.5. The Kier molecular flexibility index (Phi) is 7.60. The van der Waals surface area contributed by atoms with E-state index in [-0.39, 0.29) is 16.4 Å². The molecule has 0 aliphatic heterocycles. The zero-order chi connectivity index (χ0) is 31.2. The molecule has 4 bridgehead atoms. The number of rotatable bonds is 7. The van der Waals surface area contributed by atoms with Crippen LogP contribution < -0.4 is 10.4 Å². The number of phenols is 1. The Morgan fingerprint density at radius 3 is 1.78 bits per heavy atom. The molecule has 0 unspecified atom stereocenters. The lowest BCUT2D eigenvalue weighted by Crippen LogP contribution is -2.67. The van der Waals surface area contributed by atoms with Crippen molar-refractivity contribution in [2.45, 2.75) is 69.7 Å². The Morgan fingerprint density at radius 1 is 0.756 bits per heavy atom. The number of aromatic hydroxyl groups is 1. The fourth-order valence-electron chi connectivity index (χ4n) is 9.37. The minimum absolute atomic E-state index is 0.142. The Balaban J connectivity index is 1.12. The number of hydrogen-bond donors (Lipinski definition) is 1. The van der Waals surface area contributed by atoms with Gasteiger partial charge in [0.2, 0.25) is 0 Å². The van der Waals surface area contributed by atoms with Gasteiger partial charge in [0, 0.05) is 11.6 Å². The first-order chi connectivity index (χ1) is 21.6. The van der Waals surface area contributed by atoms with Crippen LogP contribution in [0, 0.1) is 17.8 Å². The highest BCUT2D eigenvalue weighted by molar-refractivity contribution is 7.00. The summed E-state index contributed by atoms with van der Waals surface area (Å²) in [4.78, 5) is 13.5. The zero-order valence-corrected chi connectivity index (χ0v) is 27.7. The molecule has 1 N–H and O–H groups in total. The molecule has 4 fully saturated rings. The first kappa shape index (κ1) is 29.8. The molecule has 8 rings (SSSR count). The SMILES string of the molecule is CC(C)(C)[Si](OC(=O)/C=C/c1ccc(-c2ccc(O)c(C34CC5CC(CC(C5)C3)C4)c2)cc1)(c1ccccc1)c1ccccc1. The van der Waals surface area contributed by atoms with Crippen molar-refractivity contribution >= 4 is 30.7 Å². The fourth-order valence-corrected chi connectivity index (χ4v) is 13.7. The quantitative estimate of drug-likeness (QED) is 0.168. The van der Waals surface area contributed by atoms with Gasteiger partial charge in [-0.25, -0.2) is 4.79 Å². The van der Waals surface area contributed by atoms with Crippen LogP contribution in [0.25, 0.3) is 17.2 Å². The molecule has 0 heterocycles. The molecule has 4 heteroatoms. The van der Waals surface area contributed by atoms with Crippen LogP contribution in [0.1, 0.15) is 70.4 Å². The summed E-state index contributed by atoms with van der Waals surface area (Å²) in [5.74, 6) is 2.61. The molecule has 4 aromatic carbocycles. The topological polar surface area (TPSA) is 46.5 Å². The van der Waals surface area contributed by atoms with E-state index in [0.29, 0.717) is 5.75 Å². The van der Waals surface area contributed by atoms with Crippen LogP contribution in [0.2, 0.25) is 5.04 Å². The van der Waals surface area contributed by atoms with Gasteiger partial charge in [0.25, 0.3) is 0 Å². The smallest absolute Gasteiger partial charge is 0.324 e. The number of carbonyl (C=O) groups excluding carboxylic acids is 1. The molecule has 4 aliphatic rings. The summed E-state index contributed by atoms with van der Waals surface area (Å²) < 4.78 is 6.60. The van der Waals surface area contributed by atoms with Crippen molar-refractivity contribution in [2.24, 2.45) is 17.8 Å². The van der Waals surface area contributed by atoms with Gasteiger partial charge in [-0.15, -0.1) is 0 Å². The van der Waals surface area contributed by atoms with Gasteiger partial charge >= 0.3 is 14.3 Å². The van der Waals surface area contributed by atoms with Crippen LogP contribution in [-0.4, -0.2) is 19.4 Å². The van der Waals surface area contributed by atoms with Crippen LogP contribution >= 0.6 is 0 Å². The Hall–Kier alpha value is -3.89. The van der Waals surface area contributed by atoms with E-state index < -0.39 is 8.32 Å². The maximum Gasteiger partial charge on any atom is 0.324 e. The molecule has 0 atom stereocenters. The lowest BCUT2D eigenvalue weighted by molar-refractivity contribution is -0.129. The monoisotopic (exact) mass is 612 g/mol. The van der Waals surface area contributed by atoms with Gasteiger partial charge in [-0.05, 0) is 112 Å². The van der Waals surface area contributed by atoms with Crippen molar-refractivity contribution in [1.29, 1.82) is 0 Å². The predicted molar refractivity (Wildman–Crippen MR) is 186 cm³/mol. The lowest BCUT2D eigenvalue weighted by Gasteiger charge is -2.57. The number of hydrogen-bond acceptors (Lipinski definition) is 3. The van der Waals surface area contributed by atoms with E-state index in [4.69, 9.17) is 4.43 Å². The van der Waals surface area contributed by atoms with Crippen LogP contribution in [0.4, 0.5) is 0 Å². The van der Waals surface area contributed by atoms with Gasteiger partial charge in [-0.1, -0.05) is 112 Å². The average Bonchev–Trinajstić information content (AvgIpc) is 3.03. The third-order valence-corrected chi connectivity index (χ3v) is 15.8. The second-order valence-electron chi connectivity index (χ2n) is 15.0. The molecule has 4 saturated carbocycles. The molecule has 230 valence electrons. The summed E-state index contributed by atoms with van der Waals surface area (Å²) in [6, 6.07) is 35.0. The molecule has 4 aliphatic carbocycles. The number of benzene rings is 4. The van der Waals surface area contributed by atoms with Crippen LogP contribution in [0.15, 0.2) is 109 Å². The largest absolute Gasteiger partial charge is 0.508 e. The fraction of sp³-hybridized carbons (Fsp3) is 0.341. The molecule has 0 radical (unpaired) electrons. The van der Waals surface area contributed by atoms with Crippen molar-refractivity contribution < 1.29 is 14.3 Å². The number of phenolic OH excluding ortho intramolecular Hbond substituents is 1. The van der Waals surface area contributed by atoms with E-state index in [1.807, 2.05) is 54.6 Å². The van der Waals surface area contributed by atoms with Gasteiger partial charge < -0.3 is 9.53 Å². The lowest BCUT2D eigenvalue weighted by atomic mass is 9.48. The van der Waals surface area contributed by atoms with Gasteiger partial charge in [0.15, 0.2) is 0 Å². The highest BCUT2D eigenvalue weighted by Gasteiger charge is 2.53. The molecule has 0 saturated heterocycles. The van der Waals surface area contributed by atoms with Crippen LogP contribution in [0.3, 0.4) is 0 Å². The van der Waals surface area contributed by atoms with Crippen molar-refractivity contribution in [1.82, 2.24) is 0 Å². The molecule has 0 spiro atoms. The third kappa shape index (κ3) is 5.48. The Labute approximate surface area is 269 Å². The van der Waals surface area contributed by atoms with Gasteiger partial charge in [0.1, 0.15) is 5.75 Å². The summed E-state index contributed by atoms with van der Waals surface area (Å²) in [5.41, 5.74) is 4.50. The second-order valence-corrected chi connectivity index (χ2v) is 19.2. The molecule has 0 amide bonds. The molecule has 4 aromatic rings.